The number of aromatic amines is 1. The average Bonchev–Trinajstić information content (AvgIpc) is 2.23. The number of rotatable bonds is 1. The molecule has 0 aliphatic heterocycles. The highest BCUT2D eigenvalue weighted by molar-refractivity contribution is 5.85. The third-order valence-electron chi connectivity index (χ3n) is 2.17. The van der Waals surface area contributed by atoms with E-state index in [0.717, 1.165) is 0 Å². The number of nitrogens with zero attached hydrogens (tertiary/aromatic N) is 2. The van der Waals surface area contributed by atoms with E-state index >= 15 is 0 Å². The SMILES string of the molecule is Cc1n[nH]c(=O)c2cc([N+](=O)[O-])ccc12. The van der Waals surface area contributed by atoms with Crippen LogP contribution in [0.25, 0.3) is 10.8 Å². The van der Waals surface area contributed by atoms with Crippen molar-refractivity contribution in [3.8, 4) is 0 Å². The smallest absolute Gasteiger partial charge is 0.267 e. The van der Waals surface area contributed by atoms with Gasteiger partial charge in [-0.1, -0.05) is 0 Å². The molecule has 0 fully saturated rings. The second kappa shape index (κ2) is 3.16. The molecule has 1 aromatic heterocycles. The van der Waals surface area contributed by atoms with Gasteiger partial charge in [-0.25, -0.2) is 5.10 Å². The number of aromatic nitrogens is 2. The number of hydrogen-bond acceptors (Lipinski definition) is 4. The molecule has 0 saturated heterocycles. The Morgan fingerprint density at radius 2 is 2.13 bits per heavy atom. The molecule has 0 amide bonds. The molecule has 0 radical (unpaired) electrons. The number of nitrogens with one attached hydrogen (secondary N) is 1. The molecule has 0 atom stereocenters. The van der Waals surface area contributed by atoms with Gasteiger partial charge in [-0.2, -0.15) is 5.10 Å². The van der Waals surface area contributed by atoms with Crippen molar-refractivity contribution >= 4 is 16.5 Å². The molecule has 76 valence electrons. The maximum absolute atomic E-state index is 11.4. The minimum absolute atomic E-state index is 0.0985. The number of benzene rings is 1. The third-order valence-corrected chi connectivity index (χ3v) is 2.17. The van der Waals surface area contributed by atoms with Crippen molar-refractivity contribution in [1.29, 1.82) is 0 Å². The summed E-state index contributed by atoms with van der Waals surface area (Å²) in [5.41, 5.74) is 0.123. The van der Waals surface area contributed by atoms with Crippen LogP contribution in [0.4, 0.5) is 5.69 Å². The number of nitro benzene ring substituents is 1. The molecule has 6 nitrogen and oxygen atoms in total. The highest BCUT2D eigenvalue weighted by Crippen LogP contribution is 2.18. The zero-order valence-electron chi connectivity index (χ0n) is 7.85. The Hall–Kier alpha value is -2.24. The second-order valence-corrected chi connectivity index (χ2v) is 3.13. The number of aryl methyl sites for hydroxylation is 1. The van der Waals surface area contributed by atoms with Gasteiger partial charge in [-0.05, 0) is 13.0 Å². The highest BCUT2D eigenvalue weighted by Gasteiger charge is 2.09. The zero-order valence-corrected chi connectivity index (χ0v) is 7.85. The van der Waals surface area contributed by atoms with Crippen LogP contribution in [0, 0.1) is 17.0 Å². The number of fused-ring (bicyclic) bond motifs is 1. The van der Waals surface area contributed by atoms with Gasteiger partial charge in [0, 0.05) is 17.5 Å². The van der Waals surface area contributed by atoms with Crippen LogP contribution >= 0.6 is 0 Å². The van der Waals surface area contributed by atoms with Gasteiger partial charge in [0.25, 0.3) is 11.2 Å². The van der Waals surface area contributed by atoms with Crippen molar-refractivity contribution < 1.29 is 4.92 Å². The Labute approximate surface area is 83.7 Å². The zero-order chi connectivity index (χ0) is 11.0. The van der Waals surface area contributed by atoms with Crippen molar-refractivity contribution in [3.63, 3.8) is 0 Å². The van der Waals surface area contributed by atoms with Gasteiger partial charge in [-0.15, -0.1) is 0 Å². The summed E-state index contributed by atoms with van der Waals surface area (Å²) >= 11 is 0. The molecule has 15 heavy (non-hydrogen) atoms. The van der Waals surface area contributed by atoms with Crippen LogP contribution in [-0.2, 0) is 0 Å². The van der Waals surface area contributed by atoms with Crippen LogP contribution in [0.2, 0.25) is 0 Å². The molecule has 2 aromatic rings. The first-order valence-electron chi connectivity index (χ1n) is 4.23. The topological polar surface area (TPSA) is 88.9 Å². The molecule has 0 unspecified atom stereocenters. The number of nitro groups is 1. The van der Waals surface area contributed by atoms with Crippen molar-refractivity contribution in [3.05, 3.63) is 44.4 Å². The second-order valence-electron chi connectivity index (χ2n) is 3.13. The normalized spacial score (nSPS) is 10.5. The molecule has 1 N–H and O–H groups in total. The molecule has 0 aliphatic rings. The minimum Gasteiger partial charge on any atom is -0.267 e. The molecule has 6 heteroatoms. The molecule has 0 spiro atoms. The maximum Gasteiger partial charge on any atom is 0.272 e. The largest absolute Gasteiger partial charge is 0.272 e. The lowest BCUT2D eigenvalue weighted by Gasteiger charge is -1.99. The Bertz CT molecular complexity index is 603. The number of hydrogen-bond donors (Lipinski definition) is 1. The van der Waals surface area contributed by atoms with E-state index in [1.165, 1.54) is 18.2 Å². The van der Waals surface area contributed by atoms with Gasteiger partial charge >= 0.3 is 0 Å². The van der Waals surface area contributed by atoms with E-state index in [-0.39, 0.29) is 11.1 Å². The molecule has 1 aromatic carbocycles. The summed E-state index contributed by atoms with van der Waals surface area (Å²) in [4.78, 5) is 21.4. The maximum atomic E-state index is 11.4. The minimum atomic E-state index is -0.533. The molecule has 2 rings (SSSR count). The van der Waals surface area contributed by atoms with Gasteiger partial charge in [0.1, 0.15) is 0 Å². The van der Waals surface area contributed by atoms with Crippen molar-refractivity contribution in [2.24, 2.45) is 0 Å². The van der Waals surface area contributed by atoms with E-state index in [0.29, 0.717) is 11.1 Å². The number of non-ortho nitro benzene ring substituents is 1. The lowest BCUT2D eigenvalue weighted by Crippen LogP contribution is -2.09. The Balaban J connectivity index is 2.87. The van der Waals surface area contributed by atoms with Crippen molar-refractivity contribution in [2.45, 2.75) is 6.92 Å². The Morgan fingerprint density at radius 3 is 2.80 bits per heavy atom. The first-order valence-corrected chi connectivity index (χ1v) is 4.23. The third kappa shape index (κ3) is 1.45. The first kappa shape index (κ1) is 9.32. The summed E-state index contributed by atoms with van der Waals surface area (Å²) in [7, 11) is 0. The van der Waals surface area contributed by atoms with E-state index < -0.39 is 10.5 Å². The summed E-state index contributed by atoms with van der Waals surface area (Å²) in [5, 5.41) is 17.5. The van der Waals surface area contributed by atoms with E-state index in [1.807, 2.05) is 0 Å². The quantitative estimate of drug-likeness (QED) is 0.558. The van der Waals surface area contributed by atoms with Crippen LogP contribution in [0.3, 0.4) is 0 Å². The molecule has 1 heterocycles. The van der Waals surface area contributed by atoms with Gasteiger partial charge in [0.2, 0.25) is 0 Å². The summed E-state index contributed by atoms with van der Waals surface area (Å²) in [6, 6.07) is 4.14. The van der Waals surface area contributed by atoms with E-state index in [9.17, 15) is 14.9 Å². The predicted octanol–water partition coefficient (Wildman–Crippen LogP) is 1.14. The van der Waals surface area contributed by atoms with Crippen LogP contribution < -0.4 is 5.56 Å². The molecular formula is C9H7N3O3. The Morgan fingerprint density at radius 1 is 1.40 bits per heavy atom. The van der Waals surface area contributed by atoms with Crippen LogP contribution in [0.1, 0.15) is 5.69 Å². The fraction of sp³-hybridized carbons (Fsp3) is 0.111. The predicted molar refractivity (Wildman–Crippen MR) is 53.8 cm³/mol. The van der Waals surface area contributed by atoms with Crippen LogP contribution in [-0.4, -0.2) is 15.1 Å². The number of H-pyrrole nitrogens is 1. The van der Waals surface area contributed by atoms with Gasteiger partial charge < -0.3 is 0 Å². The van der Waals surface area contributed by atoms with Crippen molar-refractivity contribution in [1.82, 2.24) is 10.2 Å². The van der Waals surface area contributed by atoms with Crippen molar-refractivity contribution in [2.75, 3.05) is 0 Å². The fourth-order valence-corrected chi connectivity index (χ4v) is 1.40. The lowest BCUT2D eigenvalue weighted by atomic mass is 10.1. The monoisotopic (exact) mass is 205 g/mol. The first-order chi connectivity index (χ1) is 7.09. The Kier molecular flexibility index (Phi) is 1.96. The summed E-state index contributed by atoms with van der Waals surface area (Å²) in [5.74, 6) is 0. The summed E-state index contributed by atoms with van der Waals surface area (Å²) in [6.45, 7) is 1.73. The van der Waals surface area contributed by atoms with Gasteiger partial charge in [0.15, 0.2) is 0 Å². The average molecular weight is 205 g/mol. The molecule has 0 aliphatic carbocycles. The summed E-state index contributed by atoms with van der Waals surface area (Å²) in [6.07, 6.45) is 0. The van der Waals surface area contributed by atoms with E-state index in [2.05, 4.69) is 10.2 Å². The van der Waals surface area contributed by atoms with Crippen LogP contribution in [0.5, 0.6) is 0 Å². The summed E-state index contributed by atoms with van der Waals surface area (Å²) < 4.78 is 0. The standard InChI is InChI=1S/C9H7N3O3/c1-5-7-3-2-6(12(14)15)4-8(7)9(13)11-10-5/h2-4H,1H3,(H,11,13). The van der Waals surface area contributed by atoms with Gasteiger partial charge in [0.05, 0.1) is 16.0 Å². The van der Waals surface area contributed by atoms with Gasteiger partial charge in [-0.3, -0.25) is 14.9 Å². The molecule has 0 bridgehead atoms. The molecule has 0 saturated carbocycles. The van der Waals surface area contributed by atoms with E-state index in [4.69, 9.17) is 0 Å². The lowest BCUT2D eigenvalue weighted by molar-refractivity contribution is -0.384. The van der Waals surface area contributed by atoms with E-state index in [1.54, 1.807) is 6.92 Å². The van der Waals surface area contributed by atoms with Crippen LogP contribution in [0.15, 0.2) is 23.0 Å². The molecular weight excluding hydrogens is 198 g/mol. The fourth-order valence-electron chi connectivity index (χ4n) is 1.40. The highest BCUT2D eigenvalue weighted by atomic mass is 16.6.